The predicted molar refractivity (Wildman–Crippen MR) is 85.6 cm³/mol. The monoisotopic (exact) mass is 311 g/mol. The molecule has 3 N–H and O–H groups in total. The summed E-state index contributed by atoms with van der Waals surface area (Å²) in [6.07, 6.45) is 4.10. The molecule has 2 amide bonds. The van der Waals surface area contributed by atoms with Crippen molar-refractivity contribution in [3.05, 3.63) is 60.2 Å². The van der Waals surface area contributed by atoms with Crippen LogP contribution >= 0.6 is 0 Å². The van der Waals surface area contributed by atoms with Gasteiger partial charge in [-0.05, 0) is 30.2 Å². The molecule has 0 spiro atoms. The molecular formula is C17H17N3O3. The van der Waals surface area contributed by atoms with Crippen molar-refractivity contribution in [3.8, 4) is 0 Å². The minimum Gasteiger partial charge on any atom is -0.467 e. The van der Waals surface area contributed by atoms with Gasteiger partial charge >= 0.3 is 11.8 Å². The third-order valence-corrected chi connectivity index (χ3v) is 3.56. The van der Waals surface area contributed by atoms with Gasteiger partial charge in [0.25, 0.3) is 0 Å². The SMILES string of the molecule is O=C(NCCc1c[nH]c2ccccc12)C(=O)NCc1ccco1. The molecule has 0 fully saturated rings. The lowest BCUT2D eigenvalue weighted by molar-refractivity contribution is -0.139. The molecule has 3 aromatic rings. The molecule has 0 aliphatic rings. The van der Waals surface area contributed by atoms with Crippen molar-refractivity contribution in [1.29, 1.82) is 0 Å². The summed E-state index contributed by atoms with van der Waals surface area (Å²) < 4.78 is 5.08. The molecule has 2 heterocycles. The van der Waals surface area contributed by atoms with Crippen LogP contribution < -0.4 is 10.6 Å². The minimum absolute atomic E-state index is 0.196. The Hall–Kier alpha value is -3.02. The first-order valence-corrected chi connectivity index (χ1v) is 7.37. The van der Waals surface area contributed by atoms with Gasteiger partial charge in [-0.1, -0.05) is 18.2 Å². The fourth-order valence-electron chi connectivity index (χ4n) is 2.39. The number of furan rings is 1. The summed E-state index contributed by atoms with van der Waals surface area (Å²) in [5, 5.41) is 6.26. The zero-order chi connectivity index (χ0) is 16.1. The fourth-order valence-corrected chi connectivity index (χ4v) is 2.39. The number of rotatable bonds is 5. The number of hydrogen-bond acceptors (Lipinski definition) is 3. The van der Waals surface area contributed by atoms with Crippen molar-refractivity contribution in [3.63, 3.8) is 0 Å². The predicted octanol–water partition coefficient (Wildman–Crippen LogP) is 1.74. The molecule has 0 bridgehead atoms. The molecule has 0 unspecified atom stereocenters. The third-order valence-electron chi connectivity index (χ3n) is 3.56. The Morgan fingerprint density at radius 2 is 1.87 bits per heavy atom. The van der Waals surface area contributed by atoms with Gasteiger partial charge in [-0.25, -0.2) is 0 Å². The lowest BCUT2D eigenvalue weighted by atomic mass is 10.1. The summed E-state index contributed by atoms with van der Waals surface area (Å²) in [5.41, 5.74) is 2.17. The molecule has 118 valence electrons. The second-order valence-electron chi connectivity index (χ2n) is 5.13. The van der Waals surface area contributed by atoms with E-state index in [0.717, 1.165) is 16.5 Å². The Labute approximate surface area is 132 Å². The van der Waals surface area contributed by atoms with Crippen LogP contribution in [-0.2, 0) is 22.6 Å². The van der Waals surface area contributed by atoms with Crippen molar-refractivity contribution in [2.45, 2.75) is 13.0 Å². The van der Waals surface area contributed by atoms with E-state index in [1.54, 1.807) is 12.1 Å². The molecular weight excluding hydrogens is 294 g/mol. The average Bonchev–Trinajstić information content (AvgIpc) is 3.22. The number of aromatic nitrogens is 1. The molecule has 6 nitrogen and oxygen atoms in total. The molecule has 23 heavy (non-hydrogen) atoms. The zero-order valence-corrected chi connectivity index (χ0v) is 12.5. The highest BCUT2D eigenvalue weighted by atomic mass is 16.3. The number of nitrogens with one attached hydrogen (secondary N) is 3. The Morgan fingerprint density at radius 3 is 2.70 bits per heavy atom. The molecule has 6 heteroatoms. The number of benzene rings is 1. The van der Waals surface area contributed by atoms with E-state index in [1.807, 2.05) is 30.5 Å². The smallest absolute Gasteiger partial charge is 0.309 e. The first kappa shape index (κ1) is 14.9. The fraction of sp³-hybridized carbons (Fsp3) is 0.176. The highest BCUT2D eigenvalue weighted by Crippen LogP contribution is 2.17. The van der Waals surface area contributed by atoms with Gasteiger partial charge in [-0.2, -0.15) is 0 Å². The normalized spacial score (nSPS) is 10.6. The first-order valence-electron chi connectivity index (χ1n) is 7.37. The van der Waals surface area contributed by atoms with Gasteiger partial charge < -0.3 is 20.0 Å². The van der Waals surface area contributed by atoms with Crippen LogP contribution in [0.3, 0.4) is 0 Å². The van der Waals surface area contributed by atoms with Crippen LogP contribution in [0.2, 0.25) is 0 Å². The van der Waals surface area contributed by atoms with Crippen molar-refractivity contribution in [2.75, 3.05) is 6.54 Å². The second kappa shape index (κ2) is 6.83. The molecule has 3 rings (SSSR count). The van der Waals surface area contributed by atoms with Crippen molar-refractivity contribution < 1.29 is 14.0 Å². The van der Waals surface area contributed by atoms with Gasteiger partial charge in [0.1, 0.15) is 5.76 Å². The maximum atomic E-state index is 11.7. The van der Waals surface area contributed by atoms with Crippen LogP contribution in [0.15, 0.2) is 53.3 Å². The maximum absolute atomic E-state index is 11.7. The van der Waals surface area contributed by atoms with Crippen LogP contribution in [0.1, 0.15) is 11.3 Å². The summed E-state index contributed by atoms with van der Waals surface area (Å²) in [6.45, 7) is 0.594. The van der Waals surface area contributed by atoms with E-state index in [1.165, 1.54) is 6.26 Å². The number of H-pyrrole nitrogens is 1. The highest BCUT2D eigenvalue weighted by molar-refractivity contribution is 6.35. The molecule has 0 aliphatic carbocycles. The van der Waals surface area contributed by atoms with Crippen molar-refractivity contribution in [1.82, 2.24) is 15.6 Å². The molecule has 0 aliphatic heterocycles. The van der Waals surface area contributed by atoms with E-state index in [4.69, 9.17) is 4.42 Å². The van der Waals surface area contributed by atoms with Gasteiger partial charge in [-0.3, -0.25) is 9.59 Å². The van der Waals surface area contributed by atoms with Crippen molar-refractivity contribution >= 4 is 22.7 Å². The summed E-state index contributed by atoms with van der Waals surface area (Å²) in [6, 6.07) is 11.4. The van der Waals surface area contributed by atoms with E-state index < -0.39 is 11.8 Å². The van der Waals surface area contributed by atoms with Crippen LogP contribution in [0.4, 0.5) is 0 Å². The molecule has 0 saturated carbocycles. The lowest BCUT2D eigenvalue weighted by Crippen LogP contribution is -2.40. The first-order chi connectivity index (χ1) is 11.2. The van der Waals surface area contributed by atoms with Crippen LogP contribution in [0, 0.1) is 0 Å². The van der Waals surface area contributed by atoms with Crippen LogP contribution in [-0.4, -0.2) is 23.3 Å². The zero-order valence-electron chi connectivity index (χ0n) is 12.5. The molecule has 1 aromatic carbocycles. The number of aromatic amines is 1. The van der Waals surface area contributed by atoms with Crippen molar-refractivity contribution in [2.24, 2.45) is 0 Å². The van der Waals surface area contributed by atoms with E-state index in [-0.39, 0.29) is 6.54 Å². The molecule has 0 radical (unpaired) electrons. The van der Waals surface area contributed by atoms with Gasteiger partial charge in [-0.15, -0.1) is 0 Å². The Balaban J connectivity index is 1.46. The third kappa shape index (κ3) is 3.60. The Kier molecular flexibility index (Phi) is 4.42. The summed E-state index contributed by atoms with van der Waals surface area (Å²) in [4.78, 5) is 26.6. The number of hydrogen-bond donors (Lipinski definition) is 3. The number of fused-ring (bicyclic) bond motifs is 1. The standard InChI is InChI=1S/C17H17N3O3/c21-16(17(22)20-11-13-4-3-9-23-13)18-8-7-12-10-19-15-6-2-1-5-14(12)15/h1-6,9-10,19H,7-8,11H2,(H,18,21)(H,20,22). The molecule has 2 aromatic heterocycles. The van der Waals surface area contributed by atoms with E-state index in [0.29, 0.717) is 18.7 Å². The Morgan fingerprint density at radius 1 is 1.04 bits per heavy atom. The average molecular weight is 311 g/mol. The quantitative estimate of drug-likeness (QED) is 0.627. The molecule has 0 saturated heterocycles. The topological polar surface area (TPSA) is 87.1 Å². The van der Waals surface area contributed by atoms with Gasteiger partial charge in [0.05, 0.1) is 12.8 Å². The number of carbonyl (C=O) groups excluding carboxylic acids is 2. The summed E-state index contributed by atoms with van der Waals surface area (Å²) in [5.74, 6) is -0.707. The van der Waals surface area contributed by atoms with Gasteiger partial charge in [0.2, 0.25) is 0 Å². The Bertz CT molecular complexity index is 805. The van der Waals surface area contributed by atoms with Crippen LogP contribution in [0.25, 0.3) is 10.9 Å². The van der Waals surface area contributed by atoms with E-state index >= 15 is 0 Å². The maximum Gasteiger partial charge on any atom is 0.309 e. The van der Waals surface area contributed by atoms with E-state index in [2.05, 4.69) is 15.6 Å². The summed E-state index contributed by atoms with van der Waals surface area (Å²) >= 11 is 0. The summed E-state index contributed by atoms with van der Waals surface area (Å²) in [7, 11) is 0. The molecule has 0 atom stereocenters. The second-order valence-corrected chi connectivity index (χ2v) is 5.13. The number of para-hydroxylation sites is 1. The number of carbonyl (C=O) groups is 2. The largest absolute Gasteiger partial charge is 0.467 e. The minimum atomic E-state index is -0.666. The lowest BCUT2D eigenvalue weighted by Gasteiger charge is -2.05. The van der Waals surface area contributed by atoms with Crippen LogP contribution in [0.5, 0.6) is 0 Å². The highest BCUT2D eigenvalue weighted by Gasteiger charge is 2.13. The number of amides is 2. The van der Waals surface area contributed by atoms with E-state index in [9.17, 15) is 9.59 Å². The van der Waals surface area contributed by atoms with Gasteiger partial charge in [0.15, 0.2) is 0 Å². The van der Waals surface area contributed by atoms with Gasteiger partial charge in [0, 0.05) is 23.6 Å².